The van der Waals surface area contributed by atoms with E-state index >= 15 is 0 Å². The van der Waals surface area contributed by atoms with Gasteiger partial charge in [-0.05, 0) is 44.9 Å². The van der Waals surface area contributed by atoms with E-state index in [-0.39, 0.29) is 6.03 Å². The van der Waals surface area contributed by atoms with E-state index in [1.807, 2.05) is 0 Å². The minimum Gasteiger partial charge on any atom is -0.338 e. The van der Waals surface area contributed by atoms with Gasteiger partial charge in [-0.15, -0.1) is 0 Å². The molecule has 0 fully saturated rings. The van der Waals surface area contributed by atoms with E-state index in [0.717, 1.165) is 62.5 Å². The van der Waals surface area contributed by atoms with Crippen LogP contribution in [-0.2, 0) is 0 Å². The zero-order valence-corrected chi connectivity index (χ0v) is 17.1. The van der Waals surface area contributed by atoms with Crippen molar-refractivity contribution in [2.45, 2.75) is 77.6 Å². The molecule has 0 unspecified atom stereocenters. The largest absolute Gasteiger partial charge is 0.338 e. The van der Waals surface area contributed by atoms with Crippen LogP contribution in [0, 0.1) is 0 Å². The monoisotopic (exact) mass is 380 g/mol. The molecule has 0 bridgehead atoms. The maximum absolute atomic E-state index is 11.5. The molecule has 0 radical (unpaired) electrons. The number of urea groups is 1. The van der Waals surface area contributed by atoms with Gasteiger partial charge < -0.3 is 15.4 Å². The smallest absolute Gasteiger partial charge is 0.314 e. The molecule has 1 heterocycles. The van der Waals surface area contributed by atoms with Gasteiger partial charge in [-0.25, -0.2) is 9.79 Å². The van der Waals surface area contributed by atoms with Gasteiger partial charge in [0.1, 0.15) is 10.9 Å². The second-order valence-electron chi connectivity index (χ2n) is 6.61. The Labute approximate surface area is 163 Å². The summed E-state index contributed by atoms with van der Waals surface area (Å²) in [6, 6.07) is -0.0293. The number of amidine groups is 1. The first-order valence-corrected chi connectivity index (χ1v) is 10.9. The molecule has 26 heavy (non-hydrogen) atoms. The lowest BCUT2D eigenvalue weighted by molar-refractivity contribution is 0.240. The third-order valence-electron chi connectivity index (χ3n) is 4.15. The molecule has 0 aliphatic carbocycles. The van der Waals surface area contributed by atoms with Crippen LogP contribution in [0.15, 0.2) is 28.8 Å². The van der Waals surface area contributed by atoms with Crippen molar-refractivity contribution in [1.29, 1.82) is 0 Å². The second kappa shape index (κ2) is 15.8. The number of allylic oxidation sites excluding steroid dienone is 2. The summed E-state index contributed by atoms with van der Waals surface area (Å²) in [6.45, 7) is 7.52. The molecule has 0 aromatic carbocycles. The zero-order valence-electron chi connectivity index (χ0n) is 16.3. The van der Waals surface area contributed by atoms with Crippen molar-refractivity contribution in [3.05, 3.63) is 23.8 Å². The number of rotatable bonds is 15. The first-order valence-electron chi connectivity index (χ1n) is 10.1. The average molecular weight is 381 g/mol. The number of hydrogen-bond donors (Lipinski definition) is 3. The molecular formula is C20H36N4OS. The summed E-state index contributed by atoms with van der Waals surface area (Å²) in [4.78, 5) is 15.8. The molecule has 1 rings (SSSR count). The summed E-state index contributed by atoms with van der Waals surface area (Å²) >= 11 is 1.51. The molecule has 0 atom stereocenters. The van der Waals surface area contributed by atoms with Gasteiger partial charge in [0.2, 0.25) is 0 Å². The number of carbonyl (C=O) groups is 1. The van der Waals surface area contributed by atoms with Crippen LogP contribution >= 0.6 is 11.9 Å². The van der Waals surface area contributed by atoms with Crippen LogP contribution in [-0.4, -0.2) is 25.0 Å². The van der Waals surface area contributed by atoms with Gasteiger partial charge in [-0.3, -0.25) is 0 Å². The molecule has 2 amide bonds. The van der Waals surface area contributed by atoms with Gasteiger partial charge in [-0.2, -0.15) is 0 Å². The van der Waals surface area contributed by atoms with E-state index in [4.69, 9.17) is 0 Å². The fourth-order valence-corrected chi connectivity index (χ4v) is 3.16. The Morgan fingerprint density at radius 1 is 1.04 bits per heavy atom. The summed E-state index contributed by atoms with van der Waals surface area (Å²) < 4.78 is 3.19. The summed E-state index contributed by atoms with van der Waals surface area (Å²) in [6.07, 6.45) is 17.1. The fourth-order valence-electron chi connectivity index (χ4n) is 2.62. The number of carbonyl (C=O) groups excluding carboxylic acids is 1. The molecule has 3 N–H and O–H groups in total. The summed E-state index contributed by atoms with van der Waals surface area (Å²) in [7, 11) is 0. The van der Waals surface area contributed by atoms with E-state index in [1.165, 1.54) is 44.1 Å². The molecular weight excluding hydrogens is 344 g/mol. The van der Waals surface area contributed by atoms with Crippen molar-refractivity contribution in [3.8, 4) is 0 Å². The lowest BCUT2D eigenvalue weighted by Gasteiger charge is -2.06. The van der Waals surface area contributed by atoms with Crippen molar-refractivity contribution >= 4 is 23.8 Å². The Bertz CT molecular complexity index is 463. The summed E-state index contributed by atoms with van der Waals surface area (Å²) in [5.41, 5.74) is 0. The summed E-state index contributed by atoms with van der Waals surface area (Å²) in [5.74, 6) is 1.07. The molecule has 0 aromatic rings. The van der Waals surface area contributed by atoms with Crippen molar-refractivity contribution in [2.24, 2.45) is 4.99 Å². The molecule has 0 aromatic heterocycles. The van der Waals surface area contributed by atoms with Gasteiger partial charge in [-0.1, -0.05) is 44.9 Å². The van der Waals surface area contributed by atoms with Crippen LogP contribution in [0.25, 0.3) is 0 Å². The van der Waals surface area contributed by atoms with Gasteiger partial charge >= 0.3 is 6.03 Å². The van der Waals surface area contributed by atoms with E-state index in [0.29, 0.717) is 0 Å². The highest BCUT2D eigenvalue weighted by Gasteiger charge is 2.07. The maximum atomic E-state index is 11.5. The van der Waals surface area contributed by atoms with Crippen LogP contribution in [0.1, 0.15) is 77.6 Å². The van der Waals surface area contributed by atoms with Gasteiger partial charge in [0.05, 0.1) is 0 Å². The molecule has 0 spiro atoms. The number of aliphatic imine (C=N–C) groups is 1. The van der Waals surface area contributed by atoms with Gasteiger partial charge in [0.15, 0.2) is 0 Å². The van der Waals surface area contributed by atoms with Crippen LogP contribution in [0.3, 0.4) is 0 Å². The average Bonchev–Trinajstić information content (AvgIpc) is 3.05. The van der Waals surface area contributed by atoms with Crippen LogP contribution in [0.4, 0.5) is 4.79 Å². The molecule has 1 aliphatic rings. The minimum atomic E-state index is -0.0293. The standard InChI is InChI=1S/C20H36N4OS/c1-3-4-13-16-21-20(25)22-17-14-11-9-7-5-6-8-10-12-15-19-23-18(2)26-24-19/h5,7H,2-4,6,8-17H2,1H3,(H,23,24)(H2,21,22,25)/b7-5+. The maximum Gasteiger partial charge on any atom is 0.314 e. The Morgan fingerprint density at radius 2 is 1.69 bits per heavy atom. The second-order valence-corrected chi connectivity index (χ2v) is 7.49. The normalized spacial score (nSPS) is 13.7. The number of hydrogen-bond acceptors (Lipinski definition) is 4. The highest BCUT2D eigenvalue weighted by atomic mass is 32.2. The molecule has 148 valence electrons. The van der Waals surface area contributed by atoms with Crippen molar-refractivity contribution in [1.82, 2.24) is 15.4 Å². The van der Waals surface area contributed by atoms with E-state index in [1.54, 1.807) is 0 Å². The van der Waals surface area contributed by atoms with E-state index in [9.17, 15) is 4.79 Å². The van der Waals surface area contributed by atoms with Crippen LogP contribution in [0.2, 0.25) is 0 Å². The summed E-state index contributed by atoms with van der Waals surface area (Å²) in [5, 5.41) is 6.67. The quantitative estimate of drug-likeness (QED) is 0.206. The number of unbranched alkanes of at least 4 members (excludes halogenated alkanes) is 7. The molecule has 0 saturated heterocycles. The Kier molecular flexibility index (Phi) is 13.7. The minimum absolute atomic E-state index is 0.0293. The first-order chi connectivity index (χ1) is 12.7. The van der Waals surface area contributed by atoms with Crippen molar-refractivity contribution in [3.63, 3.8) is 0 Å². The highest BCUT2D eigenvalue weighted by Crippen LogP contribution is 2.19. The van der Waals surface area contributed by atoms with E-state index in [2.05, 4.69) is 46.0 Å². The predicted molar refractivity (Wildman–Crippen MR) is 114 cm³/mol. The lowest BCUT2D eigenvalue weighted by Crippen LogP contribution is -2.36. The topological polar surface area (TPSA) is 65.5 Å². The van der Waals surface area contributed by atoms with Gasteiger partial charge in [0.25, 0.3) is 0 Å². The van der Waals surface area contributed by atoms with Crippen molar-refractivity contribution < 1.29 is 4.79 Å². The van der Waals surface area contributed by atoms with E-state index < -0.39 is 0 Å². The molecule has 5 nitrogen and oxygen atoms in total. The zero-order chi connectivity index (χ0) is 18.9. The predicted octanol–water partition coefficient (Wildman–Crippen LogP) is 5.27. The van der Waals surface area contributed by atoms with Crippen molar-refractivity contribution in [2.75, 3.05) is 13.1 Å². The molecule has 1 aliphatic heterocycles. The lowest BCUT2D eigenvalue weighted by atomic mass is 10.1. The number of nitrogens with one attached hydrogen (secondary N) is 3. The third kappa shape index (κ3) is 12.9. The number of amides is 2. The van der Waals surface area contributed by atoms with Crippen LogP contribution in [0.5, 0.6) is 0 Å². The fraction of sp³-hybridized carbons (Fsp3) is 0.700. The molecule has 0 saturated carbocycles. The Hall–Kier alpha value is -1.43. The highest BCUT2D eigenvalue weighted by molar-refractivity contribution is 8.02. The Morgan fingerprint density at radius 3 is 2.31 bits per heavy atom. The Balaban J connectivity index is 1.81. The van der Waals surface area contributed by atoms with Crippen LogP contribution < -0.4 is 15.4 Å². The third-order valence-corrected chi connectivity index (χ3v) is 4.81. The SMILES string of the molecule is C=C1N=C(CCCCC/C=C/CCCCNC(=O)NCCCCC)NS1. The molecule has 6 heteroatoms. The number of nitrogens with zero attached hydrogens (tertiary/aromatic N) is 1. The van der Waals surface area contributed by atoms with Gasteiger partial charge in [0, 0.05) is 31.5 Å². The first kappa shape index (κ1) is 22.6.